The minimum Gasteiger partial charge on any atom is -0.462 e. The highest BCUT2D eigenvalue weighted by atomic mass is 16.6. The number of ether oxygens (including phenoxy) is 3. The summed E-state index contributed by atoms with van der Waals surface area (Å²) in [4.78, 5) is 38.0. The van der Waals surface area contributed by atoms with Gasteiger partial charge in [-0.25, -0.2) is 0 Å². The van der Waals surface area contributed by atoms with E-state index in [-0.39, 0.29) is 31.1 Å². The SMILES string of the molecule is CC/C=C\C/C=C\C/C=C\C/C=C\CCCCC(=O)OCC(COC(=O)CCCCCCCCCCCCCCC)OC(=O)CCCCCCCCCCCCCCCCC. The Bertz CT molecular complexity index is 1070. The largest absolute Gasteiger partial charge is 0.462 e. The third-order valence-corrected chi connectivity index (χ3v) is 11.3. The summed E-state index contributed by atoms with van der Waals surface area (Å²) in [5.74, 6) is -0.915. The van der Waals surface area contributed by atoms with E-state index >= 15 is 0 Å². The predicted octanol–water partition coefficient (Wildman–Crippen LogP) is 17.1. The molecular weight excluding hydrogens is 757 g/mol. The van der Waals surface area contributed by atoms with Gasteiger partial charge in [0.05, 0.1) is 0 Å². The summed E-state index contributed by atoms with van der Waals surface area (Å²) in [7, 11) is 0. The summed E-state index contributed by atoms with van der Waals surface area (Å²) >= 11 is 0. The van der Waals surface area contributed by atoms with Gasteiger partial charge in [0.1, 0.15) is 13.2 Å². The van der Waals surface area contributed by atoms with Gasteiger partial charge in [-0.15, -0.1) is 0 Å². The van der Waals surface area contributed by atoms with Gasteiger partial charge in [-0.2, -0.15) is 0 Å². The molecular formula is C55H98O6. The quantitative estimate of drug-likeness (QED) is 0.0263. The Morgan fingerprint density at radius 3 is 1.00 bits per heavy atom. The highest BCUT2D eigenvalue weighted by Crippen LogP contribution is 2.16. The van der Waals surface area contributed by atoms with Crippen LogP contribution in [0.5, 0.6) is 0 Å². The predicted molar refractivity (Wildman–Crippen MR) is 261 cm³/mol. The molecule has 0 amide bonds. The Morgan fingerprint density at radius 1 is 0.344 bits per heavy atom. The Labute approximate surface area is 378 Å². The van der Waals surface area contributed by atoms with Crippen molar-refractivity contribution in [3.63, 3.8) is 0 Å². The maximum atomic E-state index is 12.8. The zero-order valence-electron chi connectivity index (χ0n) is 40.4. The number of allylic oxidation sites excluding steroid dienone is 8. The van der Waals surface area contributed by atoms with Gasteiger partial charge in [0.2, 0.25) is 0 Å². The summed E-state index contributed by atoms with van der Waals surface area (Å²) in [5.41, 5.74) is 0. The van der Waals surface area contributed by atoms with Gasteiger partial charge in [-0.05, 0) is 57.8 Å². The molecule has 354 valence electrons. The Morgan fingerprint density at radius 2 is 0.639 bits per heavy atom. The molecule has 0 spiro atoms. The molecule has 0 aromatic carbocycles. The van der Waals surface area contributed by atoms with Gasteiger partial charge in [0.25, 0.3) is 0 Å². The number of unbranched alkanes of at least 4 members (excludes halogenated alkanes) is 28. The van der Waals surface area contributed by atoms with E-state index in [4.69, 9.17) is 14.2 Å². The first-order valence-corrected chi connectivity index (χ1v) is 26.1. The van der Waals surface area contributed by atoms with Crippen LogP contribution in [-0.4, -0.2) is 37.2 Å². The molecule has 0 saturated heterocycles. The zero-order valence-corrected chi connectivity index (χ0v) is 40.4. The first-order valence-electron chi connectivity index (χ1n) is 26.1. The molecule has 0 aliphatic heterocycles. The van der Waals surface area contributed by atoms with Crippen molar-refractivity contribution in [1.82, 2.24) is 0 Å². The fourth-order valence-electron chi connectivity index (χ4n) is 7.43. The summed E-state index contributed by atoms with van der Waals surface area (Å²) in [5, 5.41) is 0. The third kappa shape index (κ3) is 48.3. The second kappa shape index (κ2) is 50.0. The van der Waals surface area contributed by atoms with E-state index < -0.39 is 6.10 Å². The molecule has 0 rings (SSSR count). The summed E-state index contributed by atoms with van der Waals surface area (Å²) in [6.45, 7) is 6.51. The van der Waals surface area contributed by atoms with Gasteiger partial charge in [0, 0.05) is 19.3 Å². The molecule has 0 bridgehead atoms. The third-order valence-electron chi connectivity index (χ3n) is 11.3. The van der Waals surface area contributed by atoms with Crippen LogP contribution in [-0.2, 0) is 28.6 Å². The van der Waals surface area contributed by atoms with Crippen LogP contribution in [0, 0.1) is 0 Å². The van der Waals surface area contributed by atoms with E-state index in [1.165, 1.54) is 141 Å². The van der Waals surface area contributed by atoms with E-state index in [1.54, 1.807) is 0 Å². The second-order valence-corrected chi connectivity index (χ2v) is 17.4. The van der Waals surface area contributed by atoms with Crippen molar-refractivity contribution >= 4 is 17.9 Å². The van der Waals surface area contributed by atoms with Crippen LogP contribution in [0.2, 0.25) is 0 Å². The molecule has 0 aromatic rings. The monoisotopic (exact) mass is 855 g/mol. The molecule has 0 radical (unpaired) electrons. The minimum absolute atomic E-state index is 0.0824. The topological polar surface area (TPSA) is 78.9 Å². The van der Waals surface area contributed by atoms with Gasteiger partial charge < -0.3 is 14.2 Å². The average Bonchev–Trinajstić information content (AvgIpc) is 3.26. The Hall–Kier alpha value is -2.63. The zero-order chi connectivity index (χ0) is 44.4. The van der Waals surface area contributed by atoms with E-state index in [0.29, 0.717) is 19.3 Å². The van der Waals surface area contributed by atoms with Crippen molar-refractivity contribution in [2.75, 3.05) is 13.2 Å². The van der Waals surface area contributed by atoms with Crippen molar-refractivity contribution in [1.29, 1.82) is 0 Å². The molecule has 0 N–H and O–H groups in total. The highest BCUT2D eigenvalue weighted by molar-refractivity contribution is 5.71. The molecule has 0 heterocycles. The number of rotatable bonds is 47. The van der Waals surface area contributed by atoms with Crippen LogP contribution in [0.3, 0.4) is 0 Å². The van der Waals surface area contributed by atoms with Crippen molar-refractivity contribution in [3.8, 4) is 0 Å². The van der Waals surface area contributed by atoms with Crippen LogP contribution in [0.15, 0.2) is 48.6 Å². The lowest BCUT2D eigenvalue weighted by atomic mass is 10.0. The summed E-state index contributed by atoms with van der Waals surface area (Å²) in [6.07, 6.45) is 59.5. The van der Waals surface area contributed by atoms with Crippen LogP contribution in [0.4, 0.5) is 0 Å². The summed E-state index contributed by atoms with van der Waals surface area (Å²) < 4.78 is 16.8. The molecule has 6 heteroatoms. The molecule has 0 aliphatic carbocycles. The van der Waals surface area contributed by atoms with Crippen molar-refractivity contribution < 1.29 is 28.6 Å². The lowest BCUT2D eigenvalue weighted by Gasteiger charge is -2.18. The maximum Gasteiger partial charge on any atom is 0.306 e. The molecule has 0 aromatic heterocycles. The number of esters is 3. The average molecular weight is 855 g/mol. The molecule has 0 aliphatic rings. The standard InChI is InChI=1S/C55H98O6/c1-4-7-10-13-16-19-22-25-27-30-33-36-39-42-45-48-54(57)60-51-52(50-59-53(56)47-44-41-38-35-32-29-24-21-18-15-12-9-6-3)61-55(58)49-46-43-40-37-34-31-28-26-23-20-17-14-11-8-5-2/h7,10,16,19,25,27,33,36,52H,4-6,8-9,11-15,17-18,20-24,26,28-32,34-35,37-51H2,1-3H3/b10-7-,19-16-,27-25-,36-33-. The van der Waals surface area contributed by atoms with E-state index in [0.717, 1.165) is 83.5 Å². The molecule has 0 fully saturated rings. The number of hydrogen-bond acceptors (Lipinski definition) is 6. The minimum atomic E-state index is -0.784. The number of hydrogen-bond donors (Lipinski definition) is 0. The lowest BCUT2D eigenvalue weighted by molar-refractivity contribution is -0.167. The Kier molecular flexibility index (Phi) is 47.9. The Balaban J connectivity index is 4.41. The first-order chi connectivity index (χ1) is 30.0. The summed E-state index contributed by atoms with van der Waals surface area (Å²) in [6, 6.07) is 0. The normalized spacial score (nSPS) is 12.4. The van der Waals surface area contributed by atoms with Crippen LogP contribution in [0.25, 0.3) is 0 Å². The van der Waals surface area contributed by atoms with E-state index in [1.807, 2.05) is 0 Å². The van der Waals surface area contributed by atoms with E-state index in [2.05, 4.69) is 69.4 Å². The highest BCUT2D eigenvalue weighted by Gasteiger charge is 2.19. The maximum absolute atomic E-state index is 12.8. The van der Waals surface area contributed by atoms with Gasteiger partial charge in [-0.3, -0.25) is 14.4 Å². The second-order valence-electron chi connectivity index (χ2n) is 17.4. The van der Waals surface area contributed by atoms with Crippen LogP contribution in [0.1, 0.15) is 265 Å². The molecule has 0 saturated carbocycles. The number of carbonyl (C=O) groups is 3. The van der Waals surface area contributed by atoms with E-state index in [9.17, 15) is 14.4 Å². The fraction of sp³-hybridized carbons (Fsp3) is 0.800. The number of carbonyl (C=O) groups excluding carboxylic acids is 3. The smallest absolute Gasteiger partial charge is 0.306 e. The molecule has 1 unspecified atom stereocenters. The van der Waals surface area contributed by atoms with Gasteiger partial charge >= 0.3 is 17.9 Å². The van der Waals surface area contributed by atoms with Crippen molar-refractivity contribution in [2.45, 2.75) is 271 Å². The van der Waals surface area contributed by atoms with Gasteiger partial charge in [0.15, 0.2) is 6.10 Å². The molecule has 6 nitrogen and oxygen atoms in total. The van der Waals surface area contributed by atoms with Crippen LogP contribution >= 0.6 is 0 Å². The molecule has 1 atom stereocenters. The van der Waals surface area contributed by atoms with Gasteiger partial charge in [-0.1, -0.05) is 236 Å². The first kappa shape index (κ1) is 58.4. The lowest BCUT2D eigenvalue weighted by Crippen LogP contribution is -2.30. The van der Waals surface area contributed by atoms with Crippen LogP contribution < -0.4 is 0 Å². The molecule has 61 heavy (non-hydrogen) atoms. The van der Waals surface area contributed by atoms with Crippen molar-refractivity contribution in [3.05, 3.63) is 48.6 Å². The van der Waals surface area contributed by atoms with Crippen molar-refractivity contribution in [2.24, 2.45) is 0 Å². The fourth-order valence-corrected chi connectivity index (χ4v) is 7.43.